The van der Waals surface area contributed by atoms with Gasteiger partial charge in [-0.05, 0) is 19.4 Å². The molecule has 0 aliphatic carbocycles. The highest BCUT2D eigenvalue weighted by molar-refractivity contribution is 6.45. The third-order valence-electron chi connectivity index (χ3n) is 2.26. The molecule has 16 heavy (non-hydrogen) atoms. The highest BCUT2D eigenvalue weighted by Crippen LogP contribution is 2.18. The van der Waals surface area contributed by atoms with Crippen molar-refractivity contribution in [3.05, 3.63) is 35.9 Å². The van der Waals surface area contributed by atoms with E-state index in [0.29, 0.717) is 0 Å². The quantitative estimate of drug-likeness (QED) is 0.461. The van der Waals surface area contributed by atoms with E-state index in [0.717, 1.165) is 5.56 Å². The van der Waals surface area contributed by atoms with Crippen LogP contribution in [0.15, 0.2) is 30.3 Å². The molecule has 4 heteroatoms. The van der Waals surface area contributed by atoms with Crippen molar-refractivity contribution in [3.8, 4) is 0 Å². The van der Waals surface area contributed by atoms with Crippen LogP contribution in [0.2, 0.25) is 0 Å². The molecule has 0 bridgehead atoms. The molecule has 0 spiro atoms. The third kappa shape index (κ3) is 3.07. The number of benzene rings is 1. The van der Waals surface area contributed by atoms with Gasteiger partial charge < -0.3 is 4.74 Å². The van der Waals surface area contributed by atoms with Gasteiger partial charge in [0, 0.05) is 0 Å². The molecule has 3 nitrogen and oxygen atoms in total. The molecule has 0 aliphatic heterocycles. The van der Waals surface area contributed by atoms with Gasteiger partial charge in [-0.25, -0.2) is 4.79 Å². The minimum atomic E-state index is -1.59. The molecule has 1 atom stereocenters. The topological polar surface area (TPSA) is 43.4 Å². The molecule has 0 amide bonds. The van der Waals surface area contributed by atoms with Crippen LogP contribution in [0.5, 0.6) is 0 Å². The molecular weight excluding hydrogens is 228 g/mol. The number of hydrogen-bond donors (Lipinski definition) is 0. The monoisotopic (exact) mass is 240 g/mol. The molecule has 86 valence electrons. The van der Waals surface area contributed by atoms with E-state index in [1.165, 1.54) is 13.8 Å². The van der Waals surface area contributed by atoms with E-state index in [1.807, 2.05) is 30.3 Å². The smallest absolute Gasteiger partial charge is 0.334 e. The standard InChI is InChI=1S/C12H13ClO3/c1-9(14)12(2,13)11(15)16-8-10-6-4-3-5-7-10/h3-7H,8H2,1-2H3/t12-/m0/s1. The number of alkyl halides is 1. The van der Waals surface area contributed by atoms with Gasteiger partial charge in [0.05, 0.1) is 0 Å². The van der Waals surface area contributed by atoms with Crippen LogP contribution in [0, 0.1) is 0 Å². The molecule has 0 aliphatic rings. The second-order valence-electron chi connectivity index (χ2n) is 3.62. The van der Waals surface area contributed by atoms with Crippen molar-refractivity contribution in [1.29, 1.82) is 0 Å². The van der Waals surface area contributed by atoms with Crippen LogP contribution >= 0.6 is 11.6 Å². The van der Waals surface area contributed by atoms with Crippen molar-refractivity contribution in [1.82, 2.24) is 0 Å². The summed E-state index contributed by atoms with van der Waals surface area (Å²) in [6.45, 7) is 2.72. The summed E-state index contributed by atoms with van der Waals surface area (Å²) >= 11 is 5.76. The van der Waals surface area contributed by atoms with Gasteiger partial charge in [-0.15, -0.1) is 0 Å². The second-order valence-corrected chi connectivity index (χ2v) is 4.38. The summed E-state index contributed by atoms with van der Waals surface area (Å²) in [6.07, 6.45) is 0. The van der Waals surface area contributed by atoms with E-state index in [-0.39, 0.29) is 6.61 Å². The Balaban J connectivity index is 2.57. The van der Waals surface area contributed by atoms with Crippen LogP contribution in [0.4, 0.5) is 0 Å². The van der Waals surface area contributed by atoms with Crippen molar-refractivity contribution in [3.63, 3.8) is 0 Å². The minimum Gasteiger partial charge on any atom is -0.459 e. The fourth-order valence-electron chi connectivity index (χ4n) is 1.00. The molecule has 0 fully saturated rings. The molecule has 0 saturated carbocycles. The zero-order valence-corrected chi connectivity index (χ0v) is 9.95. The summed E-state index contributed by atoms with van der Waals surface area (Å²) < 4.78 is 4.96. The Kier molecular flexibility index (Phi) is 4.07. The van der Waals surface area contributed by atoms with E-state index < -0.39 is 16.6 Å². The van der Waals surface area contributed by atoms with E-state index in [1.54, 1.807) is 0 Å². The Morgan fingerprint density at radius 1 is 1.31 bits per heavy atom. The van der Waals surface area contributed by atoms with Crippen molar-refractivity contribution in [2.75, 3.05) is 0 Å². The van der Waals surface area contributed by atoms with Gasteiger partial charge in [-0.1, -0.05) is 41.9 Å². The SMILES string of the molecule is CC(=O)[C@](C)(Cl)C(=O)OCc1ccccc1. The second kappa shape index (κ2) is 5.12. The number of carbonyl (C=O) groups is 2. The third-order valence-corrected chi connectivity index (χ3v) is 2.68. The average molecular weight is 241 g/mol. The number of rotatable bonds is 4. The maximum absolute atomic E-state index is 11.5. The predicted molar refractivity (Wildman–Crippen MR) is 61.2 cm³/mol. The number of esters is 1. The Hall–Kier alpha value is -1.35. The Labute approximate surface area is 99.4 Å². The largest absolute Gasteiger partial charge is 0.459 e. The number of ether oxygens (including phenoxy) is 1. The average Bonchev–Trinajstić information content (AvgIpc) is 2.27. The van der Waals surface area contributed by atoms with Crippen molar-refractivity contribution >= 4 is 23.4 Å². The Morgan fingerprint density at radius 2 is 1.88 bits per heavy atom. The first-order valence-electron chi connectivity index (χ1n) is 4.85. The van der Waals surface area contributed by atoms with Gasteiger partial charge >= 0.3 is 5.97 Å². The lowest BCUT2D eigenvalue weighted by Gasteiger charge is -2.16. The molecule has 0 radical (unpaired) electrons. The first kappa shape index (κ1) is 12.7. The summed E-state index contributed by atoms with van der Waals surface area (Å²) in [4.78, 5) is 21.0. The van der Waals surface area contributed by atoms with Crippen molar-refractivity contribution < 1.29 is 14.3 Å². The van der Waals surface area contributed by atoms with Crippen LogP contribution in [-0.4, -0.2) is 16.6 Å². The number of hydrogen-bond acceptors (Lipinski definition) is 3. The summed E-state index contributed by atoms with van der Waals surface area (Å²) in [6, 6.07) is 9.20. The highest BCUT2D eigenvalue weighted by Gasteiger charge is 2.37. The van der Waals surface area contributed by atoms with Crippen molar-refractivity contribution in [2.24, 2.45) is 0 Å². The Bertz CT molecular complexity index is 385. The van der Waals surface area contributed by atoms with Gasteiger partial charge in [-0.3, -0.25) is 4.79 Å². The van der Waals surface area contributed by atoms with Gasteiger partial charge in [-0.2, -0.15) is 0 Å². The summed E-state index contributed by atoms with van der Waals surface area (Å²) in [5, 5.41) is 0. The molecular formula is C12H13ClO3. The zero-order chi connectivity index (χ0) is 12.2. The van der Waals surface area contributed by atoms with Crippen molar-refractivity contribution in [2.45, 2.75) is 25.3 Å². The molecule has 0 N–H and O–H groups in total. The van der Waals surface area contributed by atoms with Crippen LogP contribution in [0.1, 0.15) is 19.4 Å². The van der Waals surface area contributed by atoms with E-state index >= 15 is 0 Å². The lowest BCUT2D eigenvalue weighted by Crippen LogP contribution is -2.37. The molecule has 1 aromatic carbocycles. The molecule has 0 saturated heterocycles. The molecule has 1 aromatic rings. The number of ketones is 1. The minimum absolute atomic E-state index is 0.120. The lowest BCUT2D eigenvalue weighted by molar-refractivity contribution is -0.150. The van der Waals surface area contributed by atoms with Gasteiger partial charge in [0.1, 0.15) is 6.61 Å². The maximum Gasteiger partial charge on any atom is 0.334 e. The maximum atomic E-state index is 11.5. The number of halogens is 1. The van der Waals surface area contributed by atoms with Crippen LogP contribution < -0.4 is 0 Å². The normalized spacial score (nSPS) is 13.9. The fraction of sp³-hybridized carbons (Fsp3) is 0.333. The number of carbonyl (C=O) groups excluding carboxylic acids is 2. The number of Topliss-reactive ketones (excluding diaryl/α,β-unsaturated/α-hetero) is 1. The summed E-state index contributed by atoms with van der Waals surface area (Å²) in [5.74, 6) is -1.14. The van der Waals surface area contributed by atoms with E-state index in [2.05, 4.69) is 0 Å². The van der Waals surface area contributed by atoms with Crippen LogP contribution in [0.25, 0.3) is 0 Å². The van der Waals surface area contributed by atoms with Crippen LogP contribution in [0.3, 0.4) is 0 Å². The lowest BCUT2D eigenvalue weighted by atomic mass is 10.1. The van der Waals surface area contributed by atoms with E-state index in [4.69, 9.17) is 16.3 Å². The molecule has 1 rings (SSSR count). The van der Waals surface area contributed by atoms with E-state index in [9.17, 15) is 9.59 Å². The van der Waals surface area contributed by atoms with Crippen LogP contribution in [-0.2, 0) is 20.9 Å². The highest BCUT2D eigenvalue weighted by atomic mass is 35.5. The molecule has 0 unspecified atom stereocenters. The predicted octanol–water partition coefficient (Wildman–Crippen LogP) is 2.32. The van der Waals surface area contributed by atoms with Gasteiger partial charge in [0.25, 0.3) is 0 Å². The molecule has 0 heterocycles. The first-order chi connectivity index (χ1) is 7.44. The summed E-state index contributed by atoms with van der Waals surface area (Å²) in [5.41, 5.74) is 0.854. The summed E-state index contributed by atoms with van der Waals surface area (Å²) in [7, 11) is 0. The molecule has 0 aromatic heterocycles. The van der Waals surface area contributed by atoms with Gasteiger partial charge in [0.15, 0.2) is 10.7 Å². The first-order valence-corrected chi connectivity index (χ1v) is 5.23. The zero-order valence-electron chi connectivity index (χ0n) is 9.20. The fourth-order valence-corrected chi connectivity index (χ4v) is 1.06. The van der Waals surface area contributed by atoms with Gasteiger partial charge in [0.2, 0.25) is 0 Å². The Morgan fingerprint density at radius 3 is 2.38 bits per heavy atom.